The second-order valence-corrected chi connectivity index (χ2v) is 5.53. The van der Waals surface area contributed by atoms with Crippen LogP contribution in [0.25, 0.3) is 0 Å². The number of aryl methyl sites for hydroxylation is 2. The monoisotopic (exact) mass is 288 g/mol. The molecule has 1 saturated heterocycles. The van der Waals surface area contributed by atoms with Crippen LogP contribution >= 0.6 is 0 Å². The molecule has 1 atom stereocenters. The summed E-state index contributed by atoms with van der Waals surface area (Å²) in [5, 5.41) is 6.70. The summed E-state index contributed by atoms with van der Waals surface area (Å²) in [7, 11) is 0. The van der Waals surface area contributed by atoms with Gasteiger partial charge in [-0.1, -0.05) is 0 Å². The van der Waals surface area contributed by atoms with Gasteiger partial charge in [-0.25, -0.2) is 9.37 Å². The topological polar surface area (TPSA) is 61.9 Å². The first-order valence-corrected chi connectivity index (χ1v) is 6.97. The molecule has 3 rings (SSSR count). The number of carbonyl (C=O) groups excluding carboxylic acids is 1. The maximum atomic E-state index is 13.7. The highest BCUT2D eigenvalue weighted by molar-refractivity contribution is 5.94. The molecule has 1 aromatic carbocycles. The molecule has 0 radical (unpaired) electrons. The van der Waals surface area contributed by atoms with Crippen molar-refractivity contribution in [2.45, 2.75) is 26.2 Å². The Kier molecular flexibility index (Phi) is 3.45. The van der Waals surface area contributed by atoms with Crippen LogP contribution in [0.15, 0.2) is 18.5 Å². The van der Waals surface area contributed by atoms with Crippen molar-refractivity contribution in [3.63, 3.8) is 0 Å². The molecule has 1 aromatic heterocycles. The summed E-state index contributed by atoms with van der Waals surface area (Å²) in [4.78, 5) is 18.5. The van der Waals surface area contributed by atoms with Crippen LogP contribution in [0.3, 0.4) is 0 Å². The van der Waals surface area contributed by atoms with E-state index in [1.165, 1.54) is 6.33 Å². The van der Waals surface area contributed by atoms with Crippen LogP contribution < -0.4 is 0 Å². The van der Waals surface area contributed by atoms with Gasteiger partial charge in [-0.05, 0) is 43.5 Å². The van der Waals surface area contributed by atoms with Crippen LogP contribution in [0.2, 0.25) is 0 Å². The van der Waals surface area contributed by atoms with Gasteiger partial charge in [0.15, 0.2) is 0 Å². The van der Waals surface area contributed by atoms with Gasteiger partial charge < -0.3 is 4.90 Å². The second kappa shape index (κ2) is 5.27. The average Bonchev–Trinajstić information content (AvgIpc) is 3.13. The molecular weight excluding hydrogens is 271 g/mol. The van der Waals surface area contributed by atoms with E-state index >= 15 is 0 Å². The first-order valence-electron chi connectivity index (χ1n) is 6.97. The molecule has 0 spiro atoms. The number of carbonyl (C=O) groups is 1. The number of benzene rings is 1. The van der Waals surface area contributed by atoms with Crippen LogP contribution in [-0.4, -0.2) is 39.1 Å². The Labute approximate surface area is 122 Å². The Bertz CT molecular complexity index is 645. The Balaban J connectivity index is 1.78. The normalized spacial score (nSPS) is 18.2. The van der Waals surface area contributed by atoms with Gasteiger partial charge >= 0.3 is 0 Å². The number of rotatable bonds is 2. The van der Waals surface area contributed by atoms with Gasteiger partial charge in [-0.3, -0.25) is 9.89 Å². The third-order valence-corrected chi connectivity index (χ3v) is 3.98. The molecule has 2 heterocycles. The maximum Gasteiger partial charge on any atom is 0.253 e. The minimum absolute atomic E-state index is 0.0526. The SMILES string of the molecule is Cc1cc(C(=O)N2CCC(c3ncn[nH]3)C2)cc(C)c1F. The molecule has 6 heteroatoms. The lowest BCUT2D eigenvalue weighted by atomic mass is 10.1. The number of aromatic nitrogens is 3. The maximum absolute atomic E-state index is 13.7. The number of nitrogens with zero attached hydrogens (tertiary/aromatic N) is 3. The van der Waals surface area contributed by atoms with E-state index in [9.17, 15) is 9.18 Å². The lowest BCUT2D eigenvalue weighted by Gasteiger charge is -2.17. The van der Waals surface area contributed by atoms with Crippen LogP contribution in [0.1, 0.15) is 39.6 Å². The van der Waals surface area contributed by atoms with Gasteiger partial charge in [0, 0.05) is 24.6 Å². The van der Waals surface area contributed by atoms with E-state index in [4.69, 9.17) is 0 Å². The molecule has 5 nitrogen and oxygen atoms in total. The Morgan fingerprint density at radius 2 is 2.10 bits per heavy atom. The Morgan fingerprint density at radius 1 is 1.38 bits per heavy atom. The molecule has 1 unspecified atom stereocenters. The number of aromatic amines is 1. The first kappa shape index (κ1) is 13.7. The third kappa shape index (κ3) is 2.53. The molecule has 0 saturated carbocycles. The largest absolute Gasteiger partial charge is 0.338 e. The zero-order valence-electron chi connectivity index (χ0n) is 12.1. The average molecular weight is 288 g/mol. The van der Waals surface area contributed by atoms with E-state index in [2.05, 4.69) is 15.2 Å². The van der Waals surface area contributed by atoms with Gasteiger partial charge in [0.25, 0.3) is 5.91 Å². The highest BCUT2D eigenvalue weighted by atomic mass is 19.1. The van der Waals surface area contributed by atoms with E-state index in [0.29, 0.717) is 29.8 Å². The number of halogens is 1. The summed E-state index contributed by atoms with van der Waals surface area (Å²) < 4.78 is 13.7. The van der Waals surface area contributed by atoms with Crippen LogP contribution in [0, 0.1) is 19.7 Å². The van der Waals surface area contributed by atoms with Crippen LogP contribution in [-0.2, 0) is 0 Å². The number of amides is 1. The molecule has 1 aliphatic rings. The van der Waals surface area contributed by atoms with Crippen molar-refractivity contribution < 1.29 is 9.18 Å². The predicted octanol–water partition coefficient (Wildman–Crippen LogP) is 2.19. The number of H-pyrrole nitrogens is 1. The number of hydrogen-bond acceptors (Lipinski definition) is 3. The van der Waals surface area contributed by atoms with Crippen molar-refractivity contribution in [3.05, 3.63) is 46.8 Å². The van der Waals surface area contributed by atoms with E-state index in [-0.39, 0.29) is 17.6 Å². The van der Waals surface area contributed by atoms with E-state index in [1.807, 2.05) is 0 Å². The molecule has 1 aliphatic heterocycles. The number of nitrogens with one attached hydrogen (secondary N) is 1. The fourth-order valence-electron chi connectivity index (χ4n) is 2.83. The fraction of sp³-hybridized carbons (Fsp3) is 0.400. The smallest absolute Gasteiger partial charge is 0.253 e. The number of likely N-dealkylation sites (tertiary alicyclic amines) is 1. The van der Waals surface area contributed by atoms with Crippen molar-refractivity contribution in [3.8, 4) is 0 Å². The van der Waals surface area contributed by atoms with E-state index in [0.717, 1.165) is 12.2 Å². The summed E-state index contributed by atoms with van der Waals surface area (Å²) >= 11 is 0. The zero-order chi connectivity index (χ0) is 15.0. The Morgan fingerprint density at radius 3 is 2.71 bits per heavy atom. The molecule has 1 amide bonds. The zero-order valence-corrected chi connectivity index (χ0v) is 12.1. The molecule has 0 aliphatic carbocycles. The van der Waals surface area contributed by atoms with Crippen molar-refractivity contribution in [2.75, 3.05) is 13.1 Å². The van der Waals surface area contributed by atoms with Crippen molar-refractivity contribution >= 4 is 5.91 Å². The summed E-state index contributed by atoms with van der Waals surface area (Å²) in [5.74, 6) is 0.714. The van der Waals surface area contributed by atoms with Gasteiger partial charge in [-0.15, -0.1) is 0 Å². The minimum Gasteiger partial charge on any atom is -0.338 e. The molecular formula is C15H17FN4O. The molecule has 110 valence electrons. The minimum atomic E-state index is -0.243. The summed E-state index contributed by atoms with van der Waals surface area (Å²) in [5.41, 5.74) is 1.55. The summed E-state index contributed by atoms with van der Waals surface area (Å²) in [6.45, 7) is 4.66. The quantitative estimate of drug-likeness (QED) is 0.921. The molecule has 0 bridgehead atoms. The van der Waals surface area contributed by atoms with Crippen molar-refractivity contribution in [1.82, 2.24) is 20.1 Å². The molecule has 2 aromatic rings. The van der Waals surface area contributed by atoms with E-state index < -0.39 is 0 Å². The van der Waals surface area contributed by atoms with Gasteiger partial charge in [0.05, 0.1) is 0 Å². The standard InChI is InChI=1S/C15H17FN4O/c1-9-5-12(6-10(2)13(9)16)15(21)20-4-3-11(7-20)14-17-8-18-19-14/h5-6,8,11H,3-4,7H2,1-2H3,(H,17,18,19). The third-order valence-electron chi connectivity index (χ3n) is 3.98. The van der Waals surface area contributed by atoms with Gasteiger partial charge in [0.2, 0.25) is 0 Å². The van der Waals surface area contributed by atoms with E-state index in [1.54, 1.807) is 30.9 Å². The number of hydrogen-bond donors (Lipinski definition) is 1. The second-order valence-electron chi connectivity index (χ2n) is 5.53. The van der Waals surface area contributed by atoms with Crippen molar-refractivity contribution in [1.29, 1.82) is 0 Å². The van der Waals surface area contributed by atoms with Crippen molar-refractivity contribution in [2.24, 2.45) is 0 Å². The van der Waals surface area contributed by atoms with Gasteiger partial charge in [0.1, 0.15) is 18.0 Å². The lowest BCUT2D eigenvalue weighted by Crippen LogP contribution is -2.28. The predicted molar refractivity (Wildman–Crippen MR) is 75.5 cm³/mol. The summed E-state index contributed by atoms with van der Waals surface area (Å²) in [6.07, 6.45) is 2.34. The highest BCUT2D eigenvalue weighted by Gasteiger charge is 2.29. The van der Waals surface area contributed by atoms with Gasteiger partial charge in [-0.2, -0.15) is 5.10 Å². The molecule has 1 N–H and O–H groups in total. The summed E-state index contributed by atoms with van der Waals surface area (Å²) in [6, 6.07) is 3.24. The first-order chi connectivity index (χ1) is 10.1. The molecule has 1 fully saturated rings. The highest BCUT2D eigenvalue weighted by Crippen LogP contribution is 2.26. The van der Waals surface area contributed by atoms with Crippen LogP contribution in [0.5, 0.6) is 0 Å². The fourth-order valence-corrected chi connectivity index (χ4v) is 2.83. The molecule has 21 heavy (non-hydrogen) atoms. The lowest BCUT2D eigenvalue weighted by molar-refractivity contribution is 0.0790. The Hall–Kier alpha value is -2.24. The van der Waals surface area contributed by atoms with Crippen LogP contribution in [0.4, 0.5) is 4.39 Å².